The molecule has 0 spiro atoms. The molecule has 20 heavy (non-hydrogen) atoms. The molecule has 0 aliphatic heterocycles. The van der Waals surface area contributed by atoms with E-state index in [1.807, 2.05) is 42.5 Å². The van der Waals surface area contributed by atoms with Gasteiger partial charge in [0.05, 0.1) is 9.78 Å². The molecule has 1 amide bonds. The lowest BCUT2D eigenvalue weighted by Crippen LogP contribution is -2.17. The van der Waals surface area contributed by atoms with Gasteiger partial charge in [-0.05, 0) is 60.7 Å². The van der Waals surface area contributed by atoms with Crippen molar-refractivity contribution in [2.45, 2.75) is 13.8 Å². The van der Waals surface area contributed by atoms with Gasteiger partial charge in [0.1, 0.15) is 17.3 Å². The van der Waals surface area contributed by atoms with E-state index in [1.54, 1.807) is 12.1 Å². The molecule has 0 unspecified atom stereocenters. The maximum absolute atomic E-state index is 11.8. The lowest BCUT2D eigenvalue weighted by Gasteiger charge is -2.01. The number of aromatic hydroxyl groups is 1. The van der Waals surface area contributed by atoms with Crippen LogP contribution in [0.5, 0.6) is 5.75 Å². The highest BCUT2D eigenvalue weighted by Gasteiger charge is 2.07. The standard InChI is InChI=1S/C14H13IN2O3/c1-8-5-11(9(2)20-8)7-16-17-14(19)10-3-4-12(15)13(18)6-10/h3-7,18H,1-2H3,(H,17,19)/b16-7+. The van der Waals surface area contributed by atoms with E-state index in [1.165, 1.54) is 12.3 Å². The van der Waals surface area contributed by atoms with E-state index in [0.717, 1.165) is 17.1 Å². The van der Waals surface area contributed by atoms with Crippen LogP contribution in [-0.4, -0.2) is 17.2 Å². The predicted molar refractivity (Wildman–Crippen MR) is 84.1 cm³/mol. The molecule has 6 heteroatoms. The first-order chi connectivity index (χ1) is 9.47. The number of amides is 1. The summed E-state index contributed by atoms with van der Waals surface area (Å²) >= 11 is 1.99. The number of hydrogen-bond donors (Lipinski definition) is 2. The van der Waals surface area contributed by atoms with Crippen LogP contribution < -0.4 is 5.43 Å². The molecule has 0 fully saturated rings. The Morgan fingerprint density at radius 1 is 1.40 bits per heavy atom. The fraction of sp³-hybridized carbons (Fsp3) is 0.143. The van der Waals surface area contributed by atoms with E-state index in [4.69, 9.17) is 4.42 Å². The van der Waals surface area contributed by atoms with Crippen LogP contribution in [-0.2, 0) is 0 Å². The van der Waals surface area contributed by atoms with Crippen molar-refractivity contribution in [3.05, 3.63) is 50.5 Å². The summed E-state index contributed by atoms with van der Waals surface area (Å²) in [6, 6.07) is 6.53. The molecule has 1 heterocycles. The van der Waals surface area contributed by atoms with Gasteiger partial charge >= 0.3 is 0 Å². The Balaban J connectivity index is 2.05. The van der Waals surface area contributed by atoms with E-state index in [-0.39, 0.29) is 11.7 Å². The number of furan rings is 1. The van der Waals surface area contributed by atoms with Crippen molar-refractivity contribution in [3.8, 4) is 5.75 Å². The second kappa shape index (κ2) is 6.08. The van der Waals surface area contributed by atoms with Gasteiger partial charge in [0.15, 0.2) is 0 Å². The van der Waals surface area contributed by atoms with E-state index in [9.17, 15) is 9.90 Å². The van der Waals surface area contributed by atoms with Crippen molar-refractivity contribution in [3.63, 3.8) is 0 Å². The van der Waals surface area contributed by atoms with E-state index in [0.29, 0.717) is 9.13 Å². The lowest BCUT2D eigenvalue weighted by molar-refractivity contribution is 0.0954. The molecule has 0 aliphatic carbocycles. The van der Waals surface area contributed by atoms with Crippen LogP contribution in [0, 0.1) is 17.4 Å². The first kappa shape index (κ1) is 14.6. The summed E-state index contributed by atoms with van der Waals surface area (Å²) in [7, 11) is 0. The third-order valence-corrected chi connectivity index (χ3v) is 3.57. The van der Waals surface area contributed by atoms with Gasteiger partial charge in [0.2, 0.25) is 0 Å². The number of nitrogens with one attached hydrogen (secondary N) is 1. The van der Waals surface area contributed by atoms with Gasteiger partial charge in [-0.3, -0.25) is 4.79 Å². The quantitative estimate of drug-likeness (QED) is 0.486. The van der Waals surface area contributed by atoms with Gasteiger partial charge in [-0.25, -0.2) is 5.43 Å². The summed E-state index contributed by atoms with van der Waals surface area (Å²) in [5, 5.41) is 13.4. The minimum absolute atomic E-state index is 0.0727. The van der Waals surface area contributed by atoms with Crippen molar-refractivity contribution < 1.29 is 14.3 Å². The fourth-order valence-electron chi connectivity index (χ4n) is 1.66. The molecule has 0 aliphatic rings. The molecule has 104 valence electrons. The average Bonchev–Trinajstić information content (AvgIpc) is 2.71. The lowest BCUT2D eigenvalue weighted by atomic mass is 10.2. The van der Waals surface area contributed by atoms with Crippen LogP contribution >= 0.6 is 22.6 Å². The van der Waals surface area contributed by atoms with Crippen LogP contribution in [0.25, 0.3) is 0 Å². The first-order valence-electron chi connectivity index (χ1n) is 5.86. The molecule has 2 aromatic rings. The smallest absolute Gasteiger partial charge is 0.271 e. The molecule has 0 atom stereocenters. The van der Waals surface area contributed by atoms with Gasteiger partial charge < -0.3 is 9.52 Å². The van der Waals surface area contributed by atoms with Crippen LogP contribution in [0.3, 0.4) is 0 Å². The normalized spacial score (nSPS) is 10.9. The SMILES string of the molecule is Cc1cc(/C=N/NC(=O)c2ccc(I)c(O)c2)c(C)o1. The number of phenols is 1. The van der Waals surface area contributed by atoms with Crippen molar-refractivity contribution >= 4 is 34.7 Å². The Bertz CT molecular complexity index is 677. The summed E-state index contributed by atoms with van der Waals surface area (Å²) in [6.07, 6.45) is 1.52. The summed E-state index contributed by atoms with van der Waals surface area (Å²) in [6.45, 7) is 3.67. The molecule has 2 rings (SSSR count). The van der Waals surface area contributed by atoms with Crippen LogP contribution in [0.1, 0.15) is 27.4 Å². The first-order valence-corrected chi connectivity index (χ1v) is 6.94. The number of halogens is 1. The number of phenolic OH excluding ortho intramolecular Hbond substituents is 1. The molecule has 1 aromatic carbocycles. The van der Waals surface area contributed by atoms with Gasteiger partial charge in [0, 0.05) is 11.1 Å². The summed E-state index contributed by atoms with van der Waals surface area (Å²) < 4.78 is 6.03. The van der Waals surface area contributed by atoms with Crippen molar-refractivity contribution in [1.82, 2.24) is 5.43 Å². The number of carbonyl (C=O) groups excluding carboxylic acids is 1. The van der Waals surface area contributed by atoms with E-state index in [2.05, 4.69) is 10.5 Å². The largest absolute Gasteiger partial charge is 0.507 e. The third-order valence-electron chi connectivity index (χ3n) is 2.66. The molecule has 5 nitrogen and oxygen atoms in total. The second-order valence-corrected chi connectivity index (χ2v) is 5.40. The number of benzene rings is 1. The average molecular weight is 384 g/mol. The highest BCUT2D eigenvalue weighted by Crippen LogP contribution is 2.20. The number of rotatable bonds is 3. The molecule has 0 bridgehead atoms. The zero-order valence-corrected chi connectivity index (χ0v) is 13.1. The van der Waals surface area contributed by atoms with Gasteiger partial charge in [-0.1, -0.05) is 0 Å². The fourth-order valence-corrected chi connectivity index (χ4v) is 1.99. The Hall–Kier alpha value is -1.83. The number of hydrazone groups is 1. The Morgan fingerprint density at radius 3 is 2.75 bits per heavy atom. The summed E-state index contributed by atoms with van der Waals surface area (Å²) in [5.74, 6) is 1.22. The topological polar surface area (TPSA) is 74.8 Å². The highest BCUT2D eigenvalue weighted by molar-refractivity contribution is 14.1. The molecular weight excluding hydrogens is 371 g/mol. The van der Waals surface area contributed by atoms with Crippen LogP contribution in [0.4, 0.5) is 0 Å². The second-order valence-electron chi connectivity index (χ2n) is 4.23. The van der Waals surface area contributed by atoms with Crippen molar-refractivity contribution in [2.75, 3.05) is 0 Å². The van der Waals surface area contributed by atoms with Crippen LogP contribution in [0.2, 0.25) is 0 Å². The molecule has 0 radical (unpaired) electrons. The predicted octanol–water partition coefficient (Wildman–Crippen LogP) is 2.97. The van der Waals surface area contributed by atoms with E-state index >= 15 is 0 Å². The molecule has 2 N–H and O–H groups in total. The van der Waals surface area contributed by atoms with Crippen LogP contribution in [0.15, 0.2) is 33.8 Å². The number of carbonyl (C=O) groups is 1. The maximum Gasteiger partial charge on any atom is 0.271 e. The number of hydrogen-bond acceptors (Lipinski definition) is 4. The summed E-state index contributed by atoms with van der Waals surface area (Å²) in [4.78, 5) is 11.8. The molecule has 1 aromatic heterocycles. The zero-order chi connectivity index (χ0) is 14.7. The Morgan fingerprint density at radius 2 is 2.15 bits per heavy atom. The van der Waals surface area contributed by atoms with E-state index < -0.39 is 0 Å². The Labute approximate surface area is 129 Å². The highest BCUT2D eigenvalue weighted by atomic mass is 127. The summed E-state index contributed by atoms with van der Waals surface area (Å²) in [5.41, 5.74) is 3.57. The molecule has 0 saturated carbocycles. The third kappa shape index (κ3) is 3.38. The Kier molecular flexibility index (Phi) is 4.43. The molecule has 0 saturated heterocycles. The minimum atomic E-state index is -0.384. The number of nitrogens with zero attached hydrogens (tertiary/aromatic N) is 1. The van der Waals surface area contributed by atoms with Gasteiger partial charge in [-0.2, -0.15) is 5.10 Å². The van der Waals surface area contributed by atoms with Gasteiger partial charge in [0.25, 0.3) is 5.91 Å². The van der Waals surface area contributed by atoms with Crippen molar-refractivity contribution in [2.24, 2.45) is 5.10 Å². The maximum atomic E-state index is 11.8. The number of aryl methyl sites for hydroxylation is 2. The van der Waals surface area contributed by atoms with Crippen molar-refractivity contribution in [1.29, 1.82) is 0 Å². The minimum Gasteiger partial charge on any atom is -0.507 e. The van der Waals surface area contributed by atoms with Gasteiger partial charge in [-0.15, -0.1) is 0 Å². The zero-order valence-electron chi connectivity index (χ0n) is 11.0. The molecular formula is C14H13IN2O3. The monoisotopic (exact) mass is 384 g/mol.